The Morgan fingerprint density at radius 2 is 2.10 bits per heavy atom. The quantitative estimate of drug-likeness (QED) is 0.916. The average Bonchev–Trinajstić information content (AvgIpc) is 3.21. The van der Waals surface area contributed by atoms with Crippen LogP contribution in [0.25, 0.3) is 0 Å². The van der Waals surface area contributed by atoms with Gasteiger partial charge in [-0.3, -0.25) is 4.79 Å². The van der Waals surface area contributed by atoms with Crippen molar-refractivity contribution in [1.29, 1.82) is 0 Å². The second-order valence-corrected chi connectivity index (χ2v) is 6.53. The zero-order valence-corrected chi connectivity index (χ0v) is 13.0. The molecule has 0 radical (unpaired) electrons. The van der Waals surface area contributed by atoms with E-state index in [9.17, 15) is 9.18 Å². The van der Waals surface area contributed by atoms with Crippen LogP contribution in [0, 0.1) is 12.7 Å². The van der Waals surface area contributed by atoms with Crippen molar-refractivity contribution in [3.05, 3.63) is 28.0 Å². The summed E-state index contributed by atoms with van der Waals surface area (Å²) < 4.78 is 13.9. The molecule has 2 fully saturated rings. The number of benzene rings is 1. The molecule has 20 heavy (non-hydrogen) atoms. The maximum absolute atomic E-state index is 13.5. The third-order valence-electron chi connectivity index (χ3n) is 3.98. The number of anilines is 1. The molecule has 3 nitrogen and oxygen atoms in total. The number of rotatable bonds is 3. The minimum absolute atomic E-state index is 0.0838. The number of piperidine rings is 1. The van der Waals surface area contributed by atoms with Gasteiger partial charge in [0.2, 0.25) is 5.91 Å². The first-order valence-corrected chi connectivity index (χ1v) is 7.88. The van der Waals surface area contributed by atoms with E-state index >= 15 is 0 Å². The van der Waals surface area contributed by atoms with E-state index in [1.165, 1.54) is 18.9 Å². The molecule has 108 valence electrons. The van der Waals surface area contributed by atoms with Crippen molar-refractivity contribution in [2.75, 3.05) is 11.4 Å². The zero-order valence-electron chi connectivity index (χ0n) is 11.5. The van der Waals surface area contributed by atoms with Gasteiger partial charge in [0.05, 0.1) is 10.5 Å². The lowest BCUT2D eigenvalue weighted by molar-refractivity contribution is -0.121. The summed E-state index contributed by atoms with van der Waals surface area (Å²) in [6, 6.07) is 3.62. The summed E-state index contributed by atoms with van der Waals surface area (Å²) in [6.45, 7) is 2.55. The van der Waals surface area contributed by atoms with Gasteiger partial charge in [0.25, 0.3) is 0 Å². The first kappa shape index (κ1) is 14.0. The Bertz CT molecular complexity index is 545. The Labute approximate surface area is 126 Å². The molecule has 1 N–H and O–H groups in total. The van der Waals surface area contributed by atoms with Gasteiger partial charge < -0.3 is 10.2 Å². The second kappa shape index (κ2) is 5.45. The highest BCUT2D eigenvalue weighted by Gasteiger charge is 2.34. The highest BCUT2D eigenvalue weighted by atomic mass is 79.9. The predicted octanol–water partition coefficient (Wildman–Crippen LogP) is 3.14. The Hall–Kier alpha value is -0.940. The molecule has 1 aliphatic heterocycles. The number of carbonyl (C=O) groups is 1. The number of nitrogens with one attached hydrogen (secondary N) is 1. The molecule has 5 heteroatoms. The summed E-state index contributed by atoms with van der Waals surface area (Å²) in [5, 5.41) is 3.41. The predicted molar refractivity (Wildman–Crippen MR) is 80.4 cm³/mol. The molecule has 0 spiro atoms. The number of halogens is 2. The molecule has 1 atom stereocenters. The molecule has 1 saturated carbocycles. The molecule has 1 aromatic carbocycles. The Balaban J connectivity index is 1.84. The standard InChI is InChI=1S/C15H18BrFN2O/c1-9-7-12(17)11(16)8-14(9)19-6-2-3-13(15(19)20)18-10-4-5-10/h7-8,10,13,18H,2-6H2,1H3. The van der Waals surface area contributed by atoms with Crippen molar-refractivity contribution in [2.45, 2.75) is 44.7 Å². The van der Waals surface area contributed by atoms with Crippen molar-refractivity contribution in [3.8, 4) is 0 Å². The highest BCUT2D eigenvalue weighted by Crippen LogP contribution is 2.30. The summed E-state index contributed by atoms with van der Waals surface area (Å²) in [7, 11) is 0. The third-order valence-corrected chi connectivity index (χ3v) is 4.59. The van der Waals surface area contributed by atoms with Crippen molar-refractivity contribution in [3.63, 3.8) is 0 Å². The fraction of sp³-hybridized carbons (Fsp3) is 0.533. The van der Waals surface area contributed by atoms with Crippen LogP contribution in [0.1, 0.15) is 31.2 Å². The molecular formula is C15H18BrFN2O. The van der Waals surface area contributed by atoms with Crippen LogP contribution in [0.15, 0.2) is 16.6 Å². The van der Waals surface area contributed by atoms with E-state index in [1.807, 2.05) is 6.92 Å². The molecule has 1 unspecified atom stereocenters. The summed E-state index contributed by atoms with van der Waals surface area (Å²) in [5.41, 5.74) is 1.61. The van der Waals surface area contributed by atoms with E-state index in [4.69, 9.17) is 0 Å². The summed E-state index contributed by atoms with van der Waals surface area (Å²) in [5.74, 6) is -0.173. The summed E-state index contributed by atoms with van der Waals surface area (Å²) in [4.78, 5) is 14.4. The van der Waals surface area contributed by atoms with Crippen molar-refractivity contribution < 1.29 is 9.18 Å². The van der Waals surface area contributed by atoms with Crippen LogP contribution in [-0.4, -0.2) is 24.5 Å². The topological polar surface area (TPSA) is 32.3 Å². The van der Waals surface area contributed by atoms with Crippen LogP contribution in [-0.2, 0) is 4.79 Å². The normalized spacial score (nSPS) is 23.2. The number of aryl methyl sites for hydroxylation is 1. The maximum Gasteiger partial charge on any atom is 0.244 e. The van der Waals surface area contributed by atoms with E-state index in [0.717, 1.165) is 24.1 Å². The van der Waals surface area contributed by atoms with Gasteiger partial charge in [-0.2, -0.15) is 0 Å². The Morgan fingerprint density at radius 1 is 1.35 bits per heavy atom. The minimum Gasteiger partial charge on any atom is -0.311 e. The SMILES string of the molecule is Cc1cc(F)c(Br)cc1N1CCCC(NC2CC2)C1=O. The molecular weight excluding hydrogens is 323 g/mol. The minimum atomic E-state index is -0.289. The van der Waals surface area contributed by atoms with Gasteiger partial charge in [-0.05, 0) is 66.2 Å². The van der Waals surface area contributed by atoms with Crippen LogP contribution in [0.5, 0.6) is 0 Å². The lowest BCUT2D eigenvalue weighted by atomic mass is 10.0. The first-order valence-electron chi connectivity index (χ1n) is 7.09. The zero-order chi connectivity index (χ0) is 14.3. The molecule has 2 aliphatic rings. The molecule has 3 rings (SSSR count). The molecule has 0 bridgehead atoms. The number of amides is 1. The second-order valence-electron chi connectivity index (χ2n) is 5.68. The largest absolute Gasteiger partial charge is 0.311 e. The van der Waals surface area contributed by atoms with E-state index in [-0.39, 0.29) is 17.8 Å². The number of hydrogen-bond donors (Lipinski definition) is 1. The van der Waals surface area contributed by atoms with Crippen LogP contribution < -0.4 is 10.2 Å². The van der Waals surface area contributed by atoms with Gasteiger partial charge in [-0.25, -0.2) is 4.39 Å². The lowest BCUT2D eigenvalue weighted by Gasteiger charge is -2.34. The van der Waals surface area contributed by atoms with Crippen molar-refractivity contribution >= 4 is 27.5 Å². The smallest absolute Gasteiger partial charge is 0.244 e. The molecule has 0 aromatic heterocycles. The van der Waals surface area contributed by atoms with E-state index in [0.29, 0.717) is 17.1 Å². The van der Waals surface area contributed by atoms with Crippen LogP contribution >= 0.6 is 15.9 Å². The Kier molecular flexibility index (Phi) is 3.82. The Morgan fingerprint density at radius 3 is 2.80 bits per heavy atom. The van der Waals surface area contributed by atoms with Gasteiger partial charge in [0.15, 0.2) is 0 Å². The highest BCUT2D eigenvalue weighted by molar-refractivity contribution is 9.10. The average molecular weight is 341 g/mol. The third kappa shape index (κ3) is 2.74. The fourth-order valence-electron chi connectivity index (χ4n) is 2.73. The molecule has 1 aromatic rings. The van der Waals surface area contributed by atoms with Crippen LogP contribution in [0.2, 0.25) is 0 Å². The molecule has 1 saturated heterocycles. The van der Waals surface area contributed by atoms with Crippen LogP contribution in [0.4, 0.5) is 10.1 Å². The summed E-state index contributed by atoms with van der Waals surface area (Å²) >= 11 is 3.20. The van der Waals surface area contributed by atoms with Crippen LogP contribution in [0.3, 0.4) is 0 Å². The maximum atomic E-state index is 13.5. The first-order chi connectivity index (χ1) is 9.56. The van der Waals surface area contributed by atoms with E-state index in [2.05, 4.69) is 21.2 Å². The molecule has 1 heterocycles. The molecule has 1 aliphatic carbocycles. The fourth-order valence-corrected chi connectivity index (χ4v) is 3.06. The monoisotopic (exact) mass is 340 g/mol. The number of hydrogen-bond acceptors (Lipinski definition) is 2. The van der Waals surface area contributed by atoms with Gasteiger partial charge >= 0.3 is 0 Å². The molecule has 1 amide bonds. The van der Waals surface area contributed by atoms with Gasteiger partial charge in [-0.1, -0.05) is 0 Å². The lowest BCUT2D eigenvalue weighted by Crippen LogP contribution is -2.51. The van der Waals surface area contributed by atoms with E-state index in [1.54, 1.807) is 11.0 Å². The van der Waals surface area contributed by atoms with Gasteiger partial charge in [0, 0.05) is 18.3 Å². The number of carbonyl (C=O) groups excluding carboxylic acids is 1. The number of nitrogens with zero attached hydrogens (tertiary/aromatic N) is 1. The van der Waals surface area contributed by atoms with Crippen molar-refractivity contribution in [2.24, 2.45) is 0 Å². The van der Waals surface area contributed by atoms with Gasteiger partial charge in [0.1, 0.15) is 5.82 Å². The summed E-state index contributed by atoms with van der Waals surface area (Å²) in [6.07, 6.45) is 4.22. The van der Waals surface area contributed by atoms with Gasteiger partial charge in [-0.15, -0.1) is 0 Å². The van der Waals surface area contributed by atoms with Crippen molar-refractivity contribution in [1.82, 2.24) is 5.32 Å². The van der Waals surface area contributed by atoms with E-state index < -0.39 is 0 Å².